The lowest BCUT2D eigenvalue weighted by Gasteiger charge is -2.34. The Labute approximate surface area is 163 Å². The highest BCUT2D eigenvalue weighted by Crippen LogP contribution is 2.27. The SMILES string of the molecule is CCc1ccccc1-c1ccc(C(=O)N2CCC(C(C)COC)CC2)cc1. The van der Waals surface area contributed by atoms with Crippen molar-refractivity contribution in [2.45, 2.75) is 33.1 Å². The molecule has 0 saturated carbocycles. The Morgan fingerprint density at radius 1 is 1.11 bits per heavy atom. The number of methoxy groups -OCH3 is 1. The number of aryl methyl sites for hydroxylation is 1. The van der Waals surface area contributed by atoms with Gasteiger partial charge in [-0.2, -0.15) is 0 Å². The number of amides is 1. The lowest BCUT2D eigenvalue weighted by molar-refractivity contribution is 0.0598. The second-order valence-corrected chi connectivity index (χ2v) is 7.65. The van der Waals surface area contributed by atoms with Gasteiger partial charge in [-0.15, -0.1) is 0 Å². The van der Waals surface area contributed by atoms with Crippen molar-refractivity contribution >= 4 is 5.91 Å². The zero-order valence-electron chi connectivity index (χ0n) is 16.8. The Balaban J connectivity index is 1.65. The second-order valence-electron chi connectivity index (χ2n) is 7.65. The highest BCUT2D eigenvalue weighted by molar-refractivity contribution is 5.94. The van der Waals surface area contributed by atoms with Crippen LogP contribution in [0, 0.1) is 11.8 Å². The summed E-state index contributed by atoms with van der Waals surface area (Å²) in [6, 6.07) is 16.6. The molecule has 0 aliphatic carbocycles. The highest BCUT2D eigenvalue weighted by atomic mass is 16.5. The maximum Gasteiger partial charge on any atom is 0.253 e. The lowest BCUT2D eigenvalue weighted by atomic mass is 9.85. The lowest BCUT2D eigenvalue weighted by Crippen LogP contribution is -2.40. The quantitative estimate of drug-likeness (QED) is 0.717. The van der Waals surface area contributed by atoms with Crippen molar-refractivity contribution in [1.29, 1.82) is 0 Å². The molecule has 1 fully saturated rings. The van der Waals surface area contributed by atoms with Gasteiger partial charge in [0.2, 0.25) is 0 Å². The molecule has 0 radical (unpaired) electrons. The number of carbonyl (C=O) groups excluding carboxylic acids is 1. The molecule has 0 spiro atoms. The average molecular weight is 366 g/mol. The van der Waals surface area contributed by atoms with Crippen LogP contribution >= 0.6 is 0 Å². The Morgan fingerprint density at radius 3 is 2.41 bits per heavy atom. The summed E-state index contributed by atoms with van der Waals surface area (Å²) in [7, 11) is 1.76. The zero-order valence-corrected chi connectivity index (χ0v) is 16.8. The van der Waals surface area contributed by atoms with Crippen LogP contribution in [-0.2, 0) is 11.2 Å². The Bertz CT molecular complexity index is 745. The van der Waals surface area contributed by atoms with Crippen molar-refractivity contribution in [2.24, 2.45) is 11.8 Å². The van der Waals surface area contributed by atoms with Crippen LogP contribution in [-0.4, -0.2) is 37.6 Å². The average Bonchev–Trinajstić information content (AvgIpc) is 2.73. The zero-order chi connectivity index (χ0) is 19.2. The van der Waals surface area contributed by atoms with Gasteiger partial charge in [-0.1, -0.05) is 50.2 Å². The second kappa shape index (κ2) is 9.18. The van der Waals surface area contributed by atoms with Crippen LogP contribution in [0.4, 0.5) is 0 Å². The molecule has 3 nitrogen and oxygen atoms in total. The minimum absolute atomic E-state index is 0.156. The molecule has 1 amide bonds. The van der Waals surface area contributed by atoms with Gasteiger partial charge in [-0.3, -0.25) is 4.79 Å². The molecule has 3 rings (SSSR count). The van der Waals surface area contributed by atoms with Gasteiger partial charge in [0.15, 0.2) is 0 Å². The van der Waals surface area contributed by atoms with E-state index >= 15 is 0 Å². The standard InChI is InChI=1S/C24H31NO2/c1-4-19-7-5-6-8-23(19)21-9-11-22(12-10-21)24(26)25-15-13-20(14-16-25)18(2)17-27-3/h5-12,18,20H,4,13-17H2,1-3H3. The van der Waals surface area contributed by atoms with Crippen LogP contribution in [0.3, 0.4) is 0 Å². The number of likely N-dealkylation sites (tertiary alicyclic amines) is 1. The predicted octanol–water partition coefficient (Wildman–Crippen LogP) is 5.05. The first-order chi connectivity index (χ1) is 13.1. The van der Waals surface area contributed by atoms with Crippen LogP contribution in [0.2, 0.25) is 0 Å². The van der Waals surface area contributed by atoms with E-state index in [-0.39, 0.29) is 5.91 Å². The van der Waals surface area contributed by atoms with Crippen LogP contribution in [0.15, 0.2) is 48.5 Å². The molecular formula is C24H31NO2. The van der Waals surface area contributed by atoms with E-state index in [2.05, 4.69) is 50.2 Å². The normalized spacial score (nSPS) is 16.3. The van der Waals surface area contributed by atoms with Crippen molar-refractivity contribution in [3.63, 3.8) is 0 Å². The molecule has 2 aromatic rings. The van der Waals surface area contributed by atoms with Crippen molar-refractivity contribution in [2.75, 3.05) is 26.8 Å². The van der Waals surface area contributed by atoms with Crippen molar-refractivity contribution in [3.05, 3.63) is 59.7 Å². The highest BCUT2D eigenvalue weighted by Gasteiger charge is 2.26. The van der Waals surface area contributed by atoms with E-state index in [9.17, 15) is 4.79 Å². The van der Waals surface area contributed by atoms with Gasteiger partial charge in [-0.25, -0.2) is 0 Å². The Kier molecular flexibility index (Phi) is 6.68. The first-order valence-electron chi connectivity index (χ1n) is 10.1. The van der Waals surface area contributed by atoms with Crippen LogP contribution in [0.1, 0.15) is 42.6 Å². The van der Waals surface area contributed by atoms with Gasteiger partial charge in [0.25, 0.3) is 5.91 Å². The molecule has 1 atom stereocenters. The number of piperidine rings is 1. The summed E-state index contributed by atoms with van der Waals surface area (Å²) >= 11 is 0. The Morgan fingerprint density at radius 2 is 1.78 bits per heavy atom. The predicted molar refractivity (Wildman–Crippen MR) is 111 cm³/mol. The third-order valence-electron chi connectivity index (χ3n) is 5.90. The van der Waals surface area contributed by atoms with Crippen LogP contribution in [0.5, 0.6) is 0 Å². The summed E-state index contributed by atoms with van der Waals surface area (Å²) in [6.07, 6.45) is 3.14. The van der Waals surface area contributed by atoms with Crippen molar-refractivity contribution in [1.82, 2.24) is 4.90 Å². The van der Waals surface area contributed by atoms with E-state index in [0.29, 0.717) is 11.8 Å². The van der Waals surface area contributed by atoms with E-state index < -0.39 is 0 Å². The minimum Gasteiger partial charge on any atom is -0.384 e. The fraction of sp³-hybridized carbons (Fsp3) is 0.458. The maximum absolute atomic E-state index is 12.9. The summed E-state index contributed by atoms with van der Waals surface area (Å²) in [4.78, 5) is 14.9. The number of ether oxygens (including phenoxy) is 1. The fourth-order valence-corrected chi connectivity index (χ4v) is 4.16. The first kappa shape index (κ1) is 19.6. The molecule has 2 aromatic carbocycles. The molecule has 1 saturated heterocycles. The third-order valence-corrected chi connectivity index (χ3v) is 5.90. The molecule has 1 unspecified atom stereocenters. The molecule has 27 heavy (non-hydrogen) atoms. The van der Waals surface area contributed by atoms with Crippen LogP contribution in [0.25, 0.3) is 11.1 Å². The van der Waals surface area contributed by atoms with Gasteiger partial charge >= 0.3 is 0 Å². The maximum atomic E-state index is 12.9. The van der Waals surface area contributed by atoms with E-state index in [4.69, 9.17) is 4.74 Å². The van der Waals surface area contributed by atoms with Crippen molar-refractivity contribution < 1.29 is 9.53 Å². The summed E-state index contributed by atoms with van der Waals surface area (Å²) in [5.74, 6) is 1.37. The van der Waals surface area contributed by atoms with Gasteiger partial charge < -0.3 is 9.64 Å². The summed E-state index contributed by atoms with van der Waals surface area (Å²) in [6.45, 7) is 6.92. The number of carbonyl (C=O) groups is 1. The largest absolute Gasteiger partial charge is 0.384 e. The molecule has 1 aliphatic heterocycles. The molecular weight excluding hydrogens is 334 g/mol. The van der Waals surface area contributed by atoms with E-state index in [1.165, 1.54) is 16.7 Å². The summed E-state index contributed by atoms with van der Waals surface area (Å²) in [5.41, 5.74) is 4.56. The molecule has 3 heteroatoms. The number of hydrogen-bond donors (Lipinski definition) is 0. The third kappa shape index (κ3) is 4.59. The number of nitrogens with zero attached hydrogens (tertiary/aromatic N) is 1. The summed E-state index contributed by atoms with van der Waals surface area (Å²) < 4.78 is 5.28. The van der Waals surface area contributed by atoms with Gasteiger partial charge in [0.1, 0.15) is 0 Å². The fourth-order valence-electron chi connectivity index (χ4n) is 4.16. The van der Waals surface area contributed by atoms with Gasteiger partial charge in [0, 0.05) is 32.4 Å². The molecule has 1 heterocycles. The van der Waals surface area contributed by atoms with Gasteiger partial charge in [-0.05, 0) is 59.9 Å². The Hall–Kier alpha value is -2.13. The summed E-state index contributed by atoms with van der Waals surface area (Å²) in [5, 5.41) is 0. The first-order valence-corrected chi connectivity index (χ1v) is 10.1. The monoisotopic (exact) mass is 365 g/mol. The number of hydrogen-bond acceptors (Lipinski definition) is 2. The number of benzene rings is 2. The number of rotatable bonds is 6. The van der Waals surface area contributed by atoms with Crippen LogP contribution < -0.4 is 0 Å². The van der Waals surface area contributed by atoms with E-state index in [1.807, 2.05) is 17.0 Å². The molecule has 0 bridgehead atoms. The minimum atomic E-state index is 0.156. The smallest absolute Gasteiger partial charge is 0.253 e. The van der Waals surface area contributed by atoms with E-state index in [1.54, 1.807) is 7.11 Å². The molecule has 0 aromatic heterocycles. The van der Waals surface area contributed by atoms with E-state index in [0.717, 1.165) is 44.5 Å². The molecule has 0 N–H and O–H groups in total. The molecule has 144 valence electrons. The topological polar surface area (TPSA) is 29.5 Å². The van der Waals surface area contributed by atoms with Gasteiger partial charge in [0.05, 0.1) is 0 Å². The van der Waals surface area contributed by atoms with Crippen molar-refractivity contribution in [3.8, 4) is 11.1 Å². The molecule has 1 aliphatic rings.